The summed E-state index contributed by atoms with van der Waals surface area (Å²) < 4.78 is 12.0. The monoisotopic (exact) mass is 385 g/mol. The molecular weight excluding hydrogens is 366 g/mol. The maximum absolute atomic E-state index is 5.49. The zero-order valence-corrected chi connectivity index (χ0v) is 15.3. The summed E-state index contributed by atoms with van der Waals surface area (Å²) in [7, 11) is 3.35. The Hall–Kier alpha value is -1.94. The maximum Gasteiger partial charge on any atom is 0.161 e. The zero-order chi connectivity index (χ0) is 16.7. The Bertz CT molecular complexity index is 802. The van der Waals surface area contributed by atoms with Gasteiger partial charge in [0.1, 0.15) is 0 Å². The van der Waals surface area contributed by atoms with Gasteiger partial charge in [-0.05, 0) is 53.8 Å². The molecule has 3 atom stereocenters. The molecule has 4 rings (SSSR count). The first-order chi connectivity index (χ1) is 11.7. The Morgan fingerprint density at radius 1 is 1.04 bits per heavy atom. The highest BCUT2D eigenvalue weighted by molar-refractivity contribution is 9.10. The first-order valence-corrected chi connectivity index (χ1v) is 8.95. The number of halogens is 1. The van der Waals surface area contributed by atoms with Crippen molar-refractivity contribution in [3.63, 3.8) is 0 Å². The summed E-state index contributed by atoms with van der Waals surface area (Å²) in [4.78, 5) is 0. The minimum atomic E-state index is 0.262. The van der Waals surface area contributed by atoms with Gasteiger partial charge in [0.05, 0.1) is 20.3 Å². The Balaban J connectivity index is 1.76. The second-order valence-corrected chi connectivity index (χ2v) is 7.24. The fraction of sp³-hybridized carbons (Fsp3) is 0.300. The molecule has 2 aromatic rings. The number of benzene rings is 2. The van der Waals surface area contributed by atoms with E-state index in [1.54, 1.807) is 14.2 Å². The number of hydrogen-bond acceptors (Lipinski definition) is 3. The van der Waals surface area contributed by atoms with Crippen LogP contribution in [0, 0.1) is 5.92 Å². The lowest BCUT2D eigenvalue weighted by atomic mass is 9.77. The van der Waals surface area contributed by atoms with E-state index in [1.165, 1.54) is 16.8 Å². The smallest absolute Gasteiger partial charge is 0.161 e. The Labute approximate surface area is 150 Å². The van der Waals surface area contributed by atoms with E-state index in [-0.39, 0.29) is 6.04 Å². The van der Waals surface area contributed by atoms with Crippen LogP contribution in [0.4, 0.5) is 5.69 Å². The van der Waals surface area contributed by atoms with E-state index >= 15 is 0 Å². The maximum atomic E-state index is 5.49. The van der Waals surface area contributed by atoms with Crippen LogP contribution in [0.5, 0.6) is 11.5 Å². The lowest BCUT2D eigenvalue weighted by Crippen LogP contribution is -2.29. The van der Waals surface area contributed by atoms with Gasteiger partial charge in [0.25, 0.3) is 0 Å². The molecule has 1 heterocycles. The molecule has 1 aliphatic carbocycles. The molecule has 0 aromatic heterocycles. The third-order valence-electron chi connectivity index (χ3n) is 5.09. The quantitative estimate of drug-likeness (QED) is 0.727. The van der Waals surface area contributed by atoms with Crippen LogP contribution in [-0.2, 0) is 0 Å². The molecule has 0 saturated heterocycles. The number of allylic oxidation sites excluding steroid dienone is 2. The van der Waals surface area contributed by atoms with Crippen molar-refractivity contribution in [1.82, 2.24) is 0 Å². The normalized spacial score (nSPS) is 24.0. The van der Waals surface area contributed by atoms with E-state index in [4.69, 9.17) is 9.47 Å². The largest absolute Gasteiger partial charge is 0.493 e. The molecule has 0 amide bonds. The summed E-state index contributed by atoms with van der Waals surface area (Å²) in [5.41, 5.74) is 3.82. The lowest BCUT2D eigenvalue weighted by molar-refractivity contribution is 0.353. The standard InChI is InChI=1S/C20H20BrNO2/c1-23-18-9-6-12(10-19(18)24-2)20-15-5-3-4-14(15)16-11-13(21)7-8-17(16)22-20/h3-4,6-11,14-15,20,22H,5H2,1-2H3/t14-,15+,20+/m1/s1. The predicted molar refractivity (Wildman–Crippen MR) is 100 cm³/mol. The highest BCUT2D eigenvalue weighted by atomic mass is 79.9. The van der Waals surface area contributed by atoms with E-state index in [0.717, 1.165) is 22.4 Å². The van der Waals surface area contributed by atoms with Gasteiger partial charge in [0.2, 0.25) is 0 Å². The molecule has 0 radical (unpaired) electrons. The molecule has 0 saturated carbocycles. The van der Waals surface area contributed by atoms with Crippen LogP contribution in [0.15, 0.2) is 53.0 Å². The summed E-state index contributed by atoms with van der Waals surface area (Å²) in [5.74, 6) is 2.52. The molecule has 2 aliphatic rings. The predicted octanol–water partition coefficient (Wildman–Crippen LogP) is 5.29. The van der Waals surface area contributed by atoms with Gasteiger partial charge in [0.15, 0.2) is 11.5 Å². The van der Waals surface area contributed by atoms with Crippen molar-refractivity contribution in [2.45, 2.75) is 18.4 Å². The van der Waals surface area contributed by atoms with Crippen LogP contribution in [0.1, 0.15) is 29.5 Å². The van der Waals surface area contributed by atoms with Gasteiger partial charge in [0, 0.05) is 16.1 Å². The minimum absolute atomic E-state index is 0.262. The highest BCUT2D eigenvalue weighted by Crippen LogP contribution is 2.50. The number of nitrogens with one attached hydrogen (secondary N) is 1. The average molecular weight is 386 g/mol. The van der Waals surface area contributed by atoms with Gasteiger partial charge in [-0.1, -0.05) is 34.1 Å². The van der Waals surface area contributed by atoms with E-state index in [0.29, 0.717) is 11.8 Å². The van der Waals surface area contributed by atoms with Gasteiger partial charge < -0.3 is 14.8 Å². The average Bonchev–Trinajstić information content (AvgIpc) is 3.10. The van der Waals surface area contributed by atoms with E-state index in [2.05, 4.69) is 63.7 Å². The van der Waals surface area contributed by atoms with Crippen molar-refractivity contribution in [1.29, 1.82) is 0 Å². The summed E-state index contributed by atoms with van der Waals surface area (Å²) in [5, 5.41) is 3.74. The number of ether oxygens (including phenoxy) is 2. The molecule has 1 N–H and O–H groups in total. The number of hydrogen-bond donors (Lipinski definition) is 1. The first-order valence-electron chi connectivity index (χ1n) is 8.16. The summed E-state index contributed by atoms with van der Waals surface area (Å²) in [6.45, 7) is 0. The van der Waals surface area contributed by atoms with E-state index in [1.807, 2.05) is 6.07 Å². The number of fused-ring (bicyclic) bond motifs is 3. The molecule has 0 fully saturated rings. The lowest BCUT2D eigenvalue weighted by Gasteiger charge is -2.37. The molecule has 24 heavy (non-hydrogen) atoms. The third kappa shape index (κ3) is 2.49. The molecular formula is C20H20BrNO2. The summed E-state index contributed by atoms with van der Waals surface area (Å²) >= 11 is 3.60. The highest BCUT2D eigenvalue weighted by Gasteiger charge is 2.38. The molecule has 1 aliphatic heterocycles. The number of rotatable bonds is 3. The second kappa shape index (κ2) is 6.17. The molecule has 2 aromatic carbocycles. The summed E-state index contributed by atoms with van der Waals surface area (Å²) in [6, 6.07) is 13.0. The fourth-order valence-corrected chi connectivity index (χ4v) is 4.32. The van der Waals surface area contributed by atoms with Crippen molar-refractivity contribution in [3.8, 4) is 11.5 Å². The molecule has 124 valence electrons. The van der Waals surface area contributed by atoms with Crippen LogP contribution >= 0.6 is 15.9 Å². The van der Waals surface area contributed by atoms with Crippen LogP contribution in [0.2, 0.25) is 0 Å². The van der Waals surface area contributed by atoms with E-state index in [9.17, 15) is 0 Å². The molecule has 0 unspecified atom stereocenters. The second-order valence-electron chi connectivity index (χ2n) is 6.32. The van der Waals surface area contributed by atoms with Crippen LogP contribution < -0.4 is 14.8 Å². The van der Waals surface area contributed by atoms with Crippen molar-refractivity contribution in [2.24, 2.45) is 5.92 Å². The Morgan fingerprint density at radius 3 is 2.67 bits per heavy atom. The van der Waals surface area contributed by atoms with Crippen LogP contribution in [0.3, 0.4) is 0 Å². The SMILES string of the molecule is COc1ccc([C@@H]2Nc3ccc(Br)cc3[C@@H]3C=CC[C@@H]32)cc1OC. The van der Waals surface area contributed by atoms with Crippen molar-refractivity contribution < 1.29 is 9.47 Å². The fourth-order valence-electron chi connectivity index (χ4n) is 3.94. The Kier molecular flexibility index (Phi) is 4.01. The summed E-state index contributed by atoms with van der Waals surface area (Å²) in [6.07, 6.45) is 5.74. The topological polar surface area (TPSA) is 30.5 Å². The third-order valence-corrected chi connectivity index (χ3v) is 5.58. The van der Waals surface area contributed by atoms with Gasteiger partial charge in [-0.3, -0.25) is 0 Å². The Morgan fingerprint density at radius 2 is 1.88 bits per heavy atom. The number of methoxy groups -OCH3 is 2. The molecule has 0 spiro atoms. The molecule has 4 heteroatoms. The van der Waals surface area contributed by atoms with E-state index < -0.39 is 0 Å². The first kappa shape index (κ1) is 15.6. The van der Waals surface area contributed by atoms with Crippen LogP contribution in [0.25, 0.3) is 0 Å². The van der Waals surface area contributed by atoms with Crippen LogP contribution in [-0.4, -0.2) is 14.2 Å². The van der Waals surface area contributed by atoms with Gasteiger partial charge in [-0.2, -0.15) is 0 Å². The van der Waals surface area contributed by atoms with Gasteiger partial charge in [-0.15, -0.1) is 0 Å². The zero-order valence-electron chi connectivity index (χ0n) is 13.8. The number of anilines is 1. The van der Waals surface area contributed by atoms with Crippen molar-refractivity contribution >= 4 is 21.6 Å². The van der Waals surface area contributed by atoms with Crippen molar-refractivity contribution in [2.75, 3.05) is 19.5 Å². The van der Waals surface area contributed by atoms with Gasteiger partial charge >= 0.3 is 0 Å². The molecule has 0 bridgehead atoms. The minimum Gasteiger partial charge on any atom is -0.493 e. The van der Waals surface area contributed by atoms with Crippen molar-refractivity contribution in [3.05, 3.63) is 64.1 Å². The van der Waals surface area contributed by atoms with Gasteiger partial charge in [-0.25, -0.2) is 0 Å². The molecule has 3 nitrogen and oxygen atoms in total.